The van der Waals surface area contributed by atoms with Crippen molar-refractivity contribution in [1.29, 1.82) is 0 Å². The molecule has 2 heterocycles. The molecule has 1 amide bonds. The maximum Gasteiger partial charge on any atom is 0.433 e. The van der Waals surface area contributed by atoms with Crippen LogP contribution in [0.1, 0.15) is 88.6 Å². The number of hydrogen-bond donors (Lipinski definition) is 1. The van der Waals surface area contributed by atoms with Crippen LogP contribution in [0.5, 0.6) is 0 Å². The van der Waals surface area contributed by atoms with Crippen LogP contribution in [0.15, 0.2) is 17.1 Å². The summed E-state index contributed by atoms with van der Waals surface area (Å²) in [6.07, 6.45) is 1.17. The number of nitrogens with one attached hydrogen (secondary N) is 1. The Bertz CT molecular complexity index is 771. The van der Waals surface area contributed by atoms with E-state index in [-0.39, 0.29) is 11.8 Å². The first-order chi connectivity index (χ1) is 13.2. The molecule has 1 fully saturated rings. The largest absolute Gasteiger partial charge is 0.433 e. The minimum atomic E-state index is -4.48. The predicted octanol–water partition coefficient (Wildman–Crippen LogP) is 5.22. The molecule has 4 nitrogen and oxygen atoms in total. The van der Waals surface area contributed by atoms with Gasteiger partial charge < -0.3 is 5.32 Å². The van der Waals surface area contributed by atoms with Crippen LogP contribution in [0, 0.1) is 5.92 Å². The molecule has 1 aromatic heterocycles. The Morgan fingerprint density at radius 1 is 1.25 bits per heavy atom. The van der Waals surface area contributed by atoms with Gasteiger partial charge in [0.2, 0.25) is 0 Å². The summed E-state index contributed by atoms with van der Waals surface area (Å²) in [7, 11) is 0. The number of rotatable bonds is 8. The number of carbonyl (C=O) groups excluding carboxylic acids is 1. The van der Waals surface area contributed by atoms with E-state index in [2.05, 4.69) is 24.1 Å². The van der Waals surface area contributed by atoms with Crippen LogP contribution in [0.4, 0.5) is 13.2 Å². The van der Waals surface area contributed by atoms with Gasteiger partial charge in [0, 0.05) is 11.5 Å². The third-order valence-corrected chi connectivity index (χ3v) is 5.83. The summed E-state index contributed by atoms with van der Waals surface area (Å²) in [5, 5.41) is 2.86. The van der Waals surface area contributed by atoms with E-state index in [9.17, 15) is 18.0 Å². The van der Waals surface area contributed by atoms with Gasteiger partial charge in [0.15, 0.2) is 0 Å². The summed E-state index contributed by atoms with van der Waals surface area (Å²) in [5.74, 6) is 0.744. The lowest BCUT2D eigenvalue weighted by atomic mass is 9.85. The van der Waals surface area contributed by atoms with Crippen molar-refractivity contribution in [3.8, 4) is 0 Å². The Kier molecular flexibility index (Phi) is 5.82. The highest BCUT2D eigenvalue weighted by molar-refractivity contribution is 6.15. The van der Waals surface area contributed by atoms with Gasteiger partial charge in [0.05, 0.1) is 5.69 Å². The second kappa shape index (κ2) is 7.84. The number of amides is 1. The zero-order chi connectivity index (χ0) is 20.5. The summed E-state index contributed by atoms with van der Waals surface area (Å²) in [5.41, 5.74) is -0.773. The monoisotopic (exact) mass is 395 g/mol. The molecule has 0 spiro atoms. The summed E-state index contributed by atoms with van der Waals surface area (Å²) in [6.45, 7) is 6.29. The van der Waals surface area contributed by atoms with Crippen molar-refractivity contribution in [2.75, 3.05) is 0 Å². The van der Waals surface area contributed by atoms with Gasteiger partial charge in [-0.25, -0.2) is 4.98 Å². The number of pyridine rings is 1. The van der Waals surface area contributed by atoms with Crippen LogP contribution in [0.25, 0.3) is 0 Å². The number of aliphatic imine (C=N–C) groups is 1. The van der Waals surface area contributed by atoms with Gasteiger partial charge in [0.25, 0.3) is 5.91 Å². The molecule has 7 heteroatoms. The molecule has 1 aromatic rings. The first-order valence-electron chi connectivity index (χ1n) is 10.2. The molecule has 28 heavy (non-hydrogen) atoms. The van der Waals surface area contributed by atoms with E-state index < -0.39 is 17.4 Å². The minimum absolute atomic E-state index is 0.0122. The van der Waals surface area contributed by atoms with Crippen LogP contribution in [0.3, 0.4) is 0 Å². The van der Waals surface area contributed by atoms with Crippen LogP contribution < -0.4 is 5.32 Å². The van der Waals surface area contributed by atoms with Gasteiger partial charge in [-0.3, -0.25) is 9.79 Å². The molecule has 0 radical (unpaired) electrons. The molecule has 2 atom stereocenters. The summed E-state index contributed by atoms with van der Waals surface area (Å²) in [6, 6.07) is 2.40. The fourth-order valence-electron chi connectivity index (χ4n) is 3.71. The molecule has 0 saturated heterocycles. The maximum absolute atomic E-state index is 13.1. The molecule has 1 aliphatic heterocycles. The summed E-state index contributed by atoms with van der Waals surface area (Å²) in [4.78, 5) is 21.5. The number of nitrogens with zero attached hydrogens (tertiary/aromatic N) is 2. The highest BCUT2D eigenvalue weighted by Gasteiger charge is 2.44. The average Bonchev–Trinajstić information content (AvgIpc) is 3.44. The van der Waals surface area contributed by atoms with E-state index in [1.165, 1.54) is 6.07 Å². The van der Waals surface area contributed by atoms with Gasteiger partial charge in [0.1, 0.15) is 17.1 Å². The molecular formula is C21H28F3N3O. The van der Waals surface area contributed by atoms with Crippen LogP contribution in [-0.4, -0.2) is 22.3 Å². The van der Waals surface area contributed by atoms with Crippen molar-refractivity contribution in [3.05, 3.63) is 29.1 Å². The average molecular weight is 395 g/mol. The van der Waals surface area contributed by atoms with E-state index >= 15 is 0 Å². The summed E-state index contributed by atoms with van der Waals surface area (Å²) >= 11 is 0. The first kappa shape index (κ1) is 20.8. The number of alkyl halides is 3. The first-order valence-corrected chi connectivity index (χ1v) is 10.2. The van der Waals surface area contributed by atoms with E-state index in [4.69, 9.17) is 4.99 Å². The molecule has 2 aliphatic rings. The van der Waals surface area contributed by atoms with E-state index in [0.29, 0.717) is 35.9 Å². The van der Waals surface area contributed by atoms with E-state index in [1.807, 2.05) is 6.92 Å². The normalized spacial score (nSPS) is 23.5. The zero-order valence-electron chi connectivity index (χ0n) is 16.7. The quantitative estimate of drug-likeness (QED) is 0.656. The number of hydrogen-bond acceptors (Lipinski definition) is 3. The molecule has 3 rings (SSSR count). The Hall–Kier alpha value is -1.92. The lowest BCUT2D eigenvalue weighted by Crippen LogP contribution is -2.40. The third-order valence-electron chi connectivity index (χ3n) is 5.83. The number of amidine groups is 1. The third kappa shape index (κ3) is 4.23. The second-order valence-electron chi connectivity index (χ2n) is 8.15. The number of aromatic nitrogens is 1. The van der Waals surface area contributed by atoms with Crippen molar-refractivity contribution in [1.82, 2.24) is 10.3 Å². The van der Waals surface area contributed by atoms with Crippen molar-refractivity contribution in [2.24, 2.45) is 10.9 Å². The van der Waals surface area contributed by atoms with Crippen LogP contribution in [0.2, 0.25) is 0 Å². The molecular weight excluding hydrogens is 367 g/mol. The van der Waals surface area contributed by atoms with Crippen molar-refractivity contribution >= 4 is 11.7 Å². The van der Waals surface area contributed by atoms with Crippen LogP contribution in [-0.2, 0) is 11.0 Å². The van der Waals surface area contributed by atoms with Crippen molar-refractivity contribution in [2.45, 2.75) is 83.4 Å². The van der Waals surface area contributed by atoms with Gasteiger partial charge in [-0.05, 0) is 50.2 Å². The molecule has 1 saturated carbocycles. The highest BCUT2D eigenvalue weighted by atomic mass is 19.4. The molecule has 0 aromatic carbocycles. The SMILES string of the molecule is CCCC1(CCC(C)CC)N=C(c2ccc(C(F)(F)F)nc2C2CC2)NC1=O. The fourth-order valence-corrected chi connectivity index (χ4v) is 3.71. The van der Waals surface area contributed by atoms with Gasteiger partial charge in [-0.2, -0.15) is 13.2 Å². The fraction of sp³-hybridized carbons (Fsp3) is 0.667. The smallest absolute Gasteiger partial charge is 0.308 e. The topological polar surface area (TPSA) is 54.4 Å². The zero-order valence-corrected chi connectivity index (χ0v) is 16.7. The van der Waals surface area contributed by atoms with Gasteiger partial charge in [-0.15, -0.1) is 0 Å². The Morgan fingerprint density at radius 3 is 2.54 bits per heavy atom. The number of carbonyl (C=O) groups is 1. The van der Waals surface area contributed by atoms with E-state index in [0.717, 1.165) is 38.2 Å². The van der Waals surface area contributed by atoms with E-state index in [1.54, 1.807) is 0 Å². The van der Waals surface area contributed by atoms with Crippen molar-refractivity contribution < 1.29 is 18.0 Å². The lowest BCUT2D eigenvalue weighted by Gasteiger charge is -2.24. The predicted molar refractivity (Wildman–Crippen MR) is 102 cm³/mol. The summed E-state index contributed by atoms with van der Waals surface area (Å²) < 4.78 is 39.3. The van der Waals surface area contributed by atoms with Gasteiger partial charge >= 0.3 is 6.18 Å². The van der Waals surface area contributed by atoms with Gasteiger partial charge in [-0.1, -0.05) is 33.6 Å². The molecule has 1 aliphatic carbocycles. The molecule has 1 N–H and O–H groups in total. The minimum Gasteiger partial charge on any atom is -0.308 e. The molecule has 2 unspecified atom stereocenters. The molecule has 154 valence electrons. The Labute approximate surface area is 164 Å². The number of halogens is 3. The Balaban J connectivity index is 1.96. The second-order valence-corrected chi connectivity index (χ2v) is 8.15. The van der Waals surface area contributed by atoms with Crippen LogP contribution >= 0.6 is 0 Å². The Morgan fingerprint density at radius 2 is 1.96 bits per heavy atom. The maximum atomic E-state index is 13.1. The highest BCUT2D eigenvalue weighted by Crippen LogP contribution is 2.43. The lowest BCUT2D eigenvalue weighted by molar-refractivity contribution is -0.141. The molecule has 0 bridgehead atoms. The standard InChI is InChI=1S/C21H28F3N3O/c1-4-11-20(12-10-13(3)5-2)19(28)26-18(27-20)15-8-9-16(21(22,23)24)25-17(15)14-6-7-14/h8-9,13-14H,4-7,10-12H2,1-3H3,(H,26,27,28). The van der Waals surface area contributed by atoms with Crippen molar-refractivity contribution in [3.63, 3.8) is 0 Å².